The number of benzene rings is 1. The molecule has 76 valence electrons. The Morgan fingerprint density at radius 3 is 2.53 bits per heavy atom. The van der Waals surface area contributed by atoms with Crippen molar-refractivity contribution in [3.8, 4) is 0 Å². The lowest BCUT2D eigenvalue weighted by molar-refractivity contribution is 0.317. The molecule has 0 saturated carbocycles. The summed E-state index contributed by atoms with van der Waals surface area (Å²) in [5.41, 5.74) is 1.62. The van der Waals surface area contributed by atoms with Gasteiger partial charge in [-0.2, -0.15) is 0 Å². The lowest BCUT2D eigenvalue weighted by Gasteiger charge is -2.00. The van der Waals surface area contributed by atoms with Gasteiger partial charge in [-0.05, 0) is 17.7 Å². The summed E-state index contributed by atoms with van der Waals surface area (Å²) in [4.78, 5) is 0. The van der Waals surface area contributed by atoms with Crippen molar-refractivity contribution in [3.05, 3.63) is 60.1 Å². The number of hydrogen-bond donors (Lipinski definition) is 1. The first kappa shape index (κ1) is 9.52. The average Bonchev–Trinajstić information content (AvgIpc) is 2.81. The van der Waals surface area contributed by atoms with Gasteiger partial charge in [-0.3, -0.25) is 0 Å². The number of furan rings is 1. The van der Waals surface area contributed by atoms with Crippen molar-refractivity contribution < 1.29 is 9.62 Å². The molecule has 3 heteroatoms. The van der Waals surface area contributed by atoms with E-state index in [1.54, 1.807) is 18.4 Å². The van der Waals surface area contributed by atoms with Crippen molar-refractivity contribution in [1.82, 2.24) is 0 Å². The first-order valence-electron chi connectivity index (χ1n) is 4.69. The van der Waals surface area contributed by atoms with E-state index in [4.69, 9.17) is 9.62 Å². The molecule has 3 nitrogen and oxygen atoms in total. The van der Waals surface area contributed by atoms with Gasteiger partial charge in [0.05, 0.1) is 6.26 Å². The average molecular weight is 201 g/mol. The zero-order valence-electron chi connectivity index (χ0n) is 8.13. The summed E-state index contributed by atoms with van der Waals surface area (Å²) < 4.78 is 5.17. The third-order valence-electron chi connectivity index (χ3n) is 2.14. The summed E-state index contributed by atoms with van der Waals surface area (Å²) in [5.74, 6) is 0.598. The largest absolute Gasteiger partial charge is 0.463 e. The van der Waals surface area contributed by atoms with Gasteiger partial charge in [0, 0.05) is 6.42 Å². The van der Waals surface area contributed by atoms with Crippen LogP contribution in [0.25, 0.3) is 0 Å². The van der Waals surface area contributed by atoms with Gasteiger partial charge in [0.25, 0.3) is 0 Å². The van der Waals surface area contributed by atoms with Crippen LogP contribution in [0.1, 0.15) is 11.3 Å². The topological polar surface area (TPSA) is 45.7 Å². The van der Waals surface area contributed by atoms with Crippen LogP contribution in [-0.4, -0.2) is 10.9 Å². The Morgan fingerprint density at radius 1 is 1.13 bits per heavy atom. The normalized spacial score (nSPS) is 11.6. The lowest BCUT2D eigenvalue weighted by atomic mass is 10.1. The first-order chi connectivity index (χ1) is 7.40. The molecule has 0 fully saturated rings. The SMILES string of the molecule is O/N=C(/Cc1ccccc1)c1ccco1. The Hall–Kier alpha value is -2.03. The summed E-state index contributed by atoms with van der Waals surface area (Å²) in [5, 5.41) is 12.1. The Balaban J connectivity index is 2.18. The van der Waals surface area contributed by atoms with Crippen LogP contribution in [0.2, 0.25) is 0 Å². The Kier molecular flexibility index (Phi) is 2.83. The zero-order chi connectivity index (χ0) is 10.5. The van der Waals surface area contributed by atoms with E-state index in [9.17, 15) is 0 Å². The smallest absolute Gasteiger partial charge is 0.151 e. The highest BCUT2D eigenvalue weighted by atomic mass is 16.4. The van der Waals surface area contributed by atoms with Crippen LogP contribution < -0.4 is 0 Å². The van der Waals surface area contributed by atoms with E-state index < -0.39 is 0 Å². The van der Waals surface area contributed by atoms with E-state index in [0.717, 1.165) is 5.56 Å². The van der Waals surface area contributed by atoms with Crippen molar-refractivity contribution in [2.45, 2.75) is 6.42 Å². The van der Waals surface area contributed by atoms with E-state index in [-0.39, 0.29) is 0 Å². The van der Waals surface area contributed by atoms with Crippen LogP contribution >= 0.6 is 0 Å². The molecule has 0 amide bonds. The molecular formula is C12H11NO2. The molecule has 2 aromatic rings. The van der Waals surface area contributed by atoms with Crippen LogP contribution in [0.3, 0.4) is 0 Å². The van der Waals surface area contributed by atoms with Crippen LogP contribution in [-0.2, 0) is 6.42 Å². The number of rotatable bonds is 3. The number of oxime groups is 1. The summed E-state index contributed by atoms with van der Waals surface area (Å²) in [6.07, 6.45) is 2.12. The van der Waals surface area contributed by atoms with Gasteiger partial charge in [-0.25, -0.2) is 0 Å². The Labute approximate surface area is 87.7 Å². The van der Waals surface area contributed by atoms with Gasteiger partial charge in [0.2, 0.25) is 0 Å². The molecule has 0 spiro atoms. The summed E-state index contributed by atoms with van der Waals surface area (Å²) in [6, 6.07) is 13.4. The molecular weight excluding hydrogens is 190 g/mol. The summed E-state index contributed by atoms with van der Waals surface area (Å²) >= 11 is 0. The standard InChI is InChI=1S/C12H11NO2/c14-13-11(12-7-4-8-15-12)9-10-5-2-1-3-6-10/h1-8,14H,9H2/b13-11-. The van der Waals surface area contributed by atoms with Crippen LogP contribution in [0.15, 0.2) is 58.3 Å². The minimum absolute atomic E-state index is 0.534. The van der Waals surface area contributed by atoms with Crippen molar-refractivity contribution in [2.24, 2.45) is 5.16 Å². The molecule has 1 heterocycles. The highest BCUT2D eigenvalue weighted by molar-refractivity contribution is 5.99. The molecule has 0 aliphatic rings. The van der Waals surface area contributed by atoms with E-state index in [0.29, 0.717) is 17.9 Å². The molecule has 0 aliphatic carbocycles. The maximum Gasteiger partial charge on any atom is 0.151 e. The maximum atomic E-state index is 8.89. The summed E-state index contributed by atoms with van der Waals surface area (Å²) in [7, 11) is 0. The fraction of sp³-hybridized carbons (Fsp3) is 0.0833. The van der Waals surface area contributed by atoms with Crippen molar-refractivity contribution >= 4 is 5.71 Å². The van der Waals surface area contributed by atoms with Crippen LogP contribution in [0.5, 0.6) is 0 Å². The van der Waals surface area contributed by atoms with Crippen molar-refractivity contribution in [3.63, 3.8) is 0 Å². The second-order valence-corrected chi connectivity index (χ2v) is 3.19. The van der Waals surface area contributed by atoms with Crippen LogP contribution in [0, 0.1) is 0 Å². The number of hydrogen-bond acceptors (Lipinski definition) is 3. The second kappa shape index (κ2) is 4.46. The Morgan fingerprint density at radius 2 is 1.93 bits per heavy atom. The van der Waals surface area contributed by atoms with Gasteiger partial charge < -0.3 is 9.62 Å². The van der Waals surface area contributed by atoms with Crippen LogP contribution in [0.4, 0.5) is 0 Å². The van der Waals surface area contributed by atoms with E-state index in [1.807, 2.05) is 30.3 Å². The van der Waals surface area contributed by atoms with E-state index in [2.05, 4.69) is 5.16 Å². The van der Waals surface area contributed by atoms with E-state index in [1.165, 1.54) is 0 Å². The third-order valence-corrected chi connectivity index (χ3v) is 2.14. The minimum Gasteiger partial charge on any atom is -0.463 e. The first-order valence-corrected chi connectivity index (χ1v) is 4.69. The van der Waals surface area contributed by atoms with Gasteiger partial charge in [0.15, 0.2) is 5.76 Å². The molecule has 0 bridgehead atoms. The minimum atomic E-state index is 0.534. The Bertz CT molecular complexity index is 432. The zero-order valence-corrected chi connectivity index (χ0v) is 8.13. The van der Waals surface area contributed by atoms with E-state index >= 15 is 0 Å². The third kappa shape index (κ3) is 2.26. The quantitative estimate of drug-likeness (QED) is 0.471. The number of nitrogens with zero attached hydrogens (tertiary/aromatic N) is 1. The molecule has 1 aromatic heterocycles. The molecule has 0 atom stereocenters. The van der Waals surface area contributed by atoms with Crippen molar-refractivity contribution in [1.29, 1.82) is 0 Å². The van der Waals surface area contributed by atoms with Gasteiger partial charge in [-0.1, -0.05) is 35.5 Å². The molecule has 0 radical (unpaired) electrons. The molecule has 15 heavy (non-hydrogen) atoms. The highest BCUT2D eigenvalue weighted by Crippen LogP contribution is 2.08. The predicted octanol–water partition coefficient (Wildman–Crippen LogP) is 2.70. The highest BCUT2D eigenvalue weighted by Gasteiger charge is 2.07. The summed E-state index contributed by atoms with van der Waals surface area (Å²) in [6.45, 7) is 0. The predicted molar refractivity (Wildman–Crippen MR) is 57.2 cm³/mol. The molecule has 1 aromatic carbocycles. The molecule has 0 saturated heterocycles. The second-order valence-electron chi connectivity index (χ2n) is 3.19. The van der Waals surface area contributed by atoms with Gasteiger partial charge in [-0.15, -0.1) is 0 Å². The maximum absolute atomic E-state index is 8.89. The van der Waals surface area contributed by atoms with Crippen molar-refractivity contribution in [2.75, 3.05) is 0 Å². The fourth-order valence-corrected chi connectivity index (χ4v) is 1.40. The monoisotopic (exact) mass is 201 g/mol. The van der Waals surface area contributed by atoms with Gasteiger partial charge >= 0.3 is 0 Å². The lowest BCUT2D eigenvalue weighted by Crippen LogP contribution is -2.03. The molecule has 1 N–H and O–H groups in total. The molecule has 0 aliphatic heterocycles. The molecule has 2 rings (SSSR count). The fourth-order valence-electron chi connectivity index (χ4n) is 1.40. The molecule has 0 unspecified atom stereocenters. The van der Waals surface area contributed by atoms with Gasteiger partial charge in [0.1, 0.15) is 5.71 Å².